The summed E-state index contributed by atoms with van der Waals surface area (Å²) in [6.45, 7) is 6.20. The Balaban J connectivity index is 1.40. The lowest BCUT2D eigenvalue weighted by molar-refractivity contribution is 0.0333. The average molecular weight is 380 g/mol. The number of morpholine rings is 1. The number of rotatable bonds is 2. The first-order chi connectivity index (χ1) is 13.8. The van der Waals surface area contributed by atoms with E-state index >= 15 is 0 Å². The van der Waals surface area contributed by atoms with Gasteiger partial charge in [-0.2, -0.15) is 0 Å². The molecular weight excluding hydrogens is 356 g/mol. The van der Waals surface area contributed by atoms with Crippen LogP contribution in [0.1, 0.15) is 11.1 Å². The maximum absolute atomic E-state index is 6.19. The Bertz CT molecular complexity index is 911. The number of ether oxygens (including phenoxy) is 4. The summed E-state index contributed by atoms with van der Waals surface area (Å²) in [5.74, 6) is 2.52. The molecule has 2 atom stereocenters. The van der Waals surface area contributed by atoms with Crippen LogP contribution in [0.25, 0.3) is 0 Å². The molecule has 1 spiro atoms. The minimum Gasteiger partial charge on any atom is -0.492 e. The molecule has 146 valence electrons. The average Bonchev–Trinajstić information content (AvgIpc) is 3.26. The topological polar surface area (TPSA) is 52.2 Å². The molecule has 28 heavy (non-hydrogen) atoms. The van der Waals surface area contributed by atoms with Gasteiger partial charge in [0, 0.05) is 43.5 Å². The second-order valence-corrected chi connectivity index (χ2v) is 7.96. The van der Waals surface area contributed by atoms with Gasteiger partial charge in [-0.25, -0.2) is 0 Å². The Labute approximate surface area is 164 Å². The van der Waals surface area contributed by atoms with Gasteiger partial charge in [0.25, 0.3) is 0 Å². The minimum atomic E-state index is -0.177. The molecule has 0 radical (unpaired) electrons. The number of hydrogen-bond acceptors (Lipinski definition) is 6. The first kappa shape index (κ1) is 16.5. The first-order valence-electron chi connectivity index (χ1n) is 10.1. The van der Waals surface area contributed by atoms with Crippen LogP contribution in [0.15, 0.2) is 36.4 Å². The highest BCUT2D eigenvalue weighted by molar-refractivity contribution is 5.70. The normalized spacial score (nSPS) is 27.4. The fourth-order valence-electron chi connectivity index (χ4n) is 4.99. The Kier molecular flexibility index (Phi) is 3.71. The summed E-state index contributed by atoms with van der Waals surface area (Å²) < 4.78 is 23.8. The van der Waals surface area contributed by atoms with Crippen molar-refractivity contribution in [2.24, 2.45) is 0 Å². The molecule has 0 bridgehead atoms. The Hall–Kier alpha value is -2.44. The zero-order valence-electron chi connectivity index (χ0n) is 15.8. The standard InChI is InChI=1S/C22H24N2O4/c1-2-4-18-16(3-1)22(13-24(18)12-15-11-23-5-6-25-15)14-28-19-10-21-20(9-17(19)22)26-7-8-27-21/h1-4,9-10,15,23H,5-8,11-14H2. The van der Waals surface area contributed by atoms with Crippen LogP contribution in [0.4, 0.5) is 5.69 Å². The summed E-state index contributed by atoms with van der Waals surface area (Å²) in [6.07, 6.45) is 0.207. The van der Waals surface area contributed by atoms with Crippen LogP contribution in [-0.4, -0.2) is 58.7 Å². The number of hydrogen-bond donors (Lipinski definition) is 1. The molecule has 2 unspecified atom stereocenters. The van der Waals surface area contributed by atoms with E-state index in [9.17, 15) is 0 Å². The van der Waals surface area contributed by atoms with Crippen molar-refractivity contribution >= 4 is 5.69 Å². The number of para-hydroxylation sites is 1. The van der Waals surface area contributed by atoms with E-state index in [4.69, 9.17) is 18.9 Å². The van der Waals surface area contributed by atoms with E-state index in [1.807, 2.05) is 6.07 Å². The third-order valence-corrected chi connectivity index (χ3v) is 6.28. The lowest BCUT2D eigenvalue weighted by atomic mass is 9.77. The predicted octanol–water partition coefficient (Wildman–Crippen LogP) is 1.94. The third-order valence-electron chi connectivity index (χ3n) is 6.28. The maximum atomic E-state index is 6.19. The number of anilines is 1. The largest absolute Gasteiger partial charge is 0.492 e. The lowest BCUT2D eigenvalue weighted by Crippen LogP contribution is -2.46. The molecule has 0 amide bonds. The van der Waals surface area contributed by atoms with Gasteiger partial charge >= 0.3 is 0 Å². The zero-order valence-corrected chi connectivity index (χ0v) is 15.8. The van der Waals surface area contributed by atoms with E-state index < -0.39 is 0 Å². The summed E-state index contributed by atoms with van der Waals surface area (Å²) >= 11 is 0. The van der Waals surface area contributed by atoms with Crippen molar-refractivity contribution in [3.8, 4) is 17.2 Å². The third kappa shape index (κ3) is 2.41. The van der Waals surface area contributed by atoms with Gasteiger partial charge in [0.1, 0.15) is 25.6 Å². The van der Waals surface area contributed by atoms with Crippen molar-refractivity contribution in [2.75, 3.05) is 57.5 Å². The summed E-state index contributed by atoms with van der Waals surface area (Å²) in [5.41, 5.74) is 3.63. The van der Waals surface area contributed by atoms with Crippen LogP contribution in [0, 0.1) is 0 Å². The van der Waals surface area contributed by atoms with Gasteiger partial charge in [0.2, 0.25) is 0 Å². The highest BCUT2D eigenvalue weighted by Gasteiger charge is 2.50. The second kappa shape index (κ2) is 6.29. The van der Waals surface area contributed by atoms with Crippen molar-refractivity contribution < 1.29 is 18.9 Å². The van der Waals surface area contributed by atoms with E-state index in [1.54, 1.807) is 0 Å². The van der Waals surface area contributed by atoms with E-state index in [-0.39, 0.29) is 11.5 Å². The van der Waals surface area contributed by atoms with Crippen LogP contribution in [0.2, 0.25) is 0 Å². The second-order valence-electron chi connectivity index (χ2n) is 7.96. The van der Waals surface area contributed by atoms with Gasteiger partial charge < -0.3 is 29.2 Å². The van der Waals surface area contributed by atoms with Gasteiger partial charge in [-0.15, -0.1) is 0 Å². The number of benzene rings is 2. The molecule has 6 nitrogen and oxygen atoms in total. The fourth-order valence-corrected chi connectivity index (χ4v) is 4.99. The summed E-state index contributed by atoms with van der Waals surface area (Å²) in [4.78, 5) is 2.46. The SMILES string of the molecule is c1ccc2c(c1)N(CC1CNCCO1)CC21COc2cc3c(cc21)OCCO3. The molecule has 0 aliphatic carbocycles. The minimum absolute atomic E-state index is 0.177. The highest BCUT2D eigenvalue weighted by Crippen LogP contribution is 2.54. The van der Waals surface area contributed by atoms with Crippen molar-refractivity contribution in [3.63, 3.8) is 0 Å². The van der Waals surface area contributed by atoms with Gasteiger partial charge in [-0.3, -0.25) is 0 Å². The summed E-state index contributed by atoms with van der Waals surface area (Å²) in [6, 6.07) is 12.8. The summed E-state index contributed by atoms with van der Waals surface area (Å²) in [7, 11) is 0. The summed E-state index contributed by atoms with van der Waals surface area (Å²) in [5, 5.41) is 3.44. The van der Waals surface area contributed by atoms with E-state index in [0.29, 0.717) is 19.8 Å². The molecule has 6 heteroatoms. The Morgan fingerprint density at radius 3 is 2.68 bits per heavy atom. The first-order valence-corrected chi connectivity index (χ1v) is 10.1. The quantitative estimate of drug-likeness (QED) is 0.860. The lowest BCUT2D eigenvalue weighted by Gasteiger charge is -2.31. The molecule has 4 aliphatic heterocycles. The number of nitrogens with one attached hydrogen (secondary N) is 1. The van der Waals surface area contributed by atoms with Crippen LogP contribution in [0.3, 0.4) is 0 Å². The maximum Gasteiger partial charge on any atom is 0.165 e. The van der Waals surface area contributed by atoms with Crippen molar-refractivity contribution in [2.45, 2.75) is 11.5 Å². The molecule has 1 fully saturated rings. The van der Waals surface area contributed by atoms with Crippen LogP contribution >= 0.6 is 0 Å². The van der Waals surface area contributed by atoms with Gasteiger partial charge in [0.15, 0.2) is 11.5 Å². The molecular formula is C22H24N2O4. The number of nitrogens with zero attached hydrogens (tertiary/aromatic N) is 1. The van der Waals surface area contributed by atoms with Crippen molar-refractivity contribution in [1.82, 2.24) is 5.32 Å². The molecule has 4 aliphatic rings. The Morgan fingerprint density at radius 1 is 0.964 bits per heavy atom. The molecule has 6 rings (SSSR count). The van der Waals surface area contributed by atoms with Crippen LogP contribution in [-0.2, 0) is 10.2 Å². The molecule has 1 saturated heterocycles. The fraction of sp³-hybridized carbons (Fsp3) is 0.455. The van der Waals surface area contributed by atoms with E-state index in [1.165, 1.54) is 16.8 Å². The molecule has 2 aromatic rings. The van der Waals surface area contributed by atoms with Crippen molar-refractivity contribution in [1.29, 1.82) is 0 Å². The molecule has 1 N–H and O–H groups in total. The molecule has 0 aromatic heterocycles. The van der Waals surface area contributed by atoms with Crippen molar-refractivity contribution in [3.05, 3.63) is 47.5 Å². The zero-order chi connectivity index (χ0) is 18.6. The Morgan fingerprint density at radius 2 is 1.82 bits per heavy atom. The highest BCUT2D eigenvalue weighted by atomic mass is 16.6. The molecule has 4 heterocycles. The predicted molar refractivity (Wildman–Crippen MR) is 105 cm³/mol. The van der Waals surface area contributed by atoms with E-state index in [0.717, 1.165) is 50.0 Å². The molecule has 2 aromatic carbocycles. The van der Waals surface area contributed by atoms with Crippen LogP contribution < -0.4 is 24.4 Å². The smallest absolute Gasteiger partial charge is 0.165 e. The van der Waals surface area contributed by atoms with Crippen LogP contribution in [0.5, 0.6) is 17.2 Å². The van der Waals surface area contributed by atoms with Gasteiger partial charge in [-0.1, -0.05) is 18.2 Å². The van der Waals surface area contributed by atoms with Gasteiger partial charge in [-0.05, 0) is 17.7 Å². The number of fused-ring (bicyclic) bond motifs is 5. The van der Waals surface area contributed by atoms with Gasteiger partial charge in [0.05, 0.1) is 18.1 Å². The molecule has 0 saturated carbocycles. The van der Waals surface area contributed by atoms with E-state index in [2.05, 4.69) is 40.5 Å². The monoisotopic (exact) mass is 380 g/mol.